The third kappa shape index (κ3) is 4.15. The van der Waals surface area contributed by atoms with Gasteiger partial charge in [0, 0.05) is 13.1 Å². The minimum atomic E-state index is -0.0872. The summed E-state index contributed by atoms with van der Waals surface area (Å²) in [7, 11) is 0. The number of carbonyl (C=O) groups excluding carboxylic acids is 1. The summed E-state index contributed by atoms with van der Waals surface area (Å²) in [6.07, 6.45) is 3.41. The van der Waals surface area contributed by atoms with Gasteiger partial charge in [-0.3, -0.25) is 14.2 Å². The van der Waals surface area contributed by atoms with Crippen LogP contribution in [0.15, 0.2) is 51.7 Å². The standard InChI is InChI=1S/C21H23N3O2S2/c1-2-11-23(13-15-8-9-15)18(25)14-28-21-22-19-17(10-12-27-19)20(26)24(21)16-6-4-3-5-7-16/h3-7,10,12,15H,2,8-9,11,13-14H2,1H3. The number of benzene rings is 1. The van der Waals surface area contributed by atoms with E-state index in [2.05, 4.69) is 6.92 Å². The van der Waals surface area contributed by atoms with Gasteiger partial charge in [-0.25, -0.2) is 4.98 Å². The van der Waals surface area contributed by atoms with Gasteiger partial charge in [0.2, 0.25) is 5.91 Å². The largest absolute Gasteiger partial charge is 0.342 e. The highest BCUT2D eigenvalue weighted by molar-refractivity contribution is 7.99. The molecule has 0 aliphatic heterocycles. The Morgan fingerprint density at radius 3 is 2.79 bits per heavy atom. The van der Waals surface area contributed by atoms with Gasteiger partial charge in [0.1, 0.15) is 4.83 Å². The highest BCUT2D eigenvalue weighted by Crippen LogP contribution is 2.30. The molecule has 0 N–H and O–H groups in total. The first-order valence-corrected chi connectivity index (χ1v) is 11.5. The minimum absolute atomic E-state index is 0.0872. The highest BCUT2D eigenvalue weighted by Gasteiger charge is 2.26. The van der Waals surface area contributed by atoms with Gasteiger partial charge in [-0.15, -0.1) is 11.3 Å². The van der Waals surface area contributed by atoms with Gasteiger partial charge >= 0.3 is 0 Å². The summed E-state index contributed by atoms with van der Waals surface area (Å²) in [6, 6.07) is 11.3. The number of fused-ring (bicyclic) bond motifs is 1. The third-order valence-electron chi connectivity index (χ3n) is 4.83. The second-order valence-electron chi connectivity index (χ2n) is 7.08. The van der Waals surface area contributed by atoms with Crippen LogP contribution in [-0.4, -0.2) is 39.2 Å². The molecule has 28 heavy (non-hydrogen) atoms. The van der Waals surface area contributed by atoms with Crippen molar-refractivity contribution in [3.63, 3.8) is 0 Å². The van der Waals surface area contributed by atoms with Crippen molar-refractivity contribution in [1.82, 2.24) is 14.5 Å². The molecule has 7 heteroatoms. The van der Waals surface area contributed by atoms with E-state index in [-0.39, 0.29) is 11.5 Å². The van der Waals surface area contributed by atoms with Crippen molar-refractivity contribution < 1.29 is 4.79 Å². The van der Waals surface area contributed by atoms with Crippen molar-refractivity contribution in [2.45, 2.75) is 31.3 Å². The lowest BCUT2D eigenvalue weighted by molar-refractivity contribution is -0.128. The van der Waals surface area contributed by atoms with E-state index in [4.69, 9.17) is 4.98 Å². The lowest BCUT2D eigenvalue weighted by atomic mass is 10.3. The monoisotopic (exact) mass is 413 g/mol. The number of thiophene rings is 1. The number of hydrogen-bond donors (Lipinski definition) is 0. The van der Waals surface area contributed by atoms with Crippen molar-refractivity contribution in [3.05, 3.63) is 52.1 Å². The summed E-state index contributed by atoms with van der Waals surface area (Å²) in [4.78, 5) is 33.3. The van der Waals surface area contributed by atoms with E-state index in [0.717, 1.165) is 30.0 Å². The molecule has 4 rings (SSSR count). The number of aromatic nitrogens is 2. The average Bonchev–Trinajstić information content (AvgIpc) is 3.40. The molecular weight excluding hydrogens is 390 g/mol. The Hall–Kier alpha value is -2.12. The van der Waals surface area contributed by atoms with Gasteiger partial charge in [-0.1, -0.05) is 36.9 Å². The van der Waals surface area contributed by atoms with Crippen LogP contribution in [0.3, 0.4) is 0 Å². The zero-order chi connectivity index (χ0) is 19.5. The maximum absolute atomic E-state index is 13.1. The van der Waals surface area contributed by atoms with E-state index in [0.29, 0.717) is 22.2 Å². The fraction of sp³-hybridized carbons (Fsp3) is 0.381. The van der Waals surface area contributed by atoms with Crippen LogP contribution in [0.5, 0.6) is 0 Å². The minimum Gasteiger partial charge on any atom is -0.342 e. The SMILES string of the molecule is CCCN(CC1CC1)C(=O)CSc1nc2sccc2c(=O)n1-c1ccccc1. The van der Waals surface area contributed by atoms with E-state index in [1.807, 2.05) is 46.7 Å². The maximum atomic E-state index is 13.1. The third-order valence-corrected chi connectivity index (χ3v) is 6.56. The van der Waals surface area contributed by atoms with Crippen molar-refractivity contribution >= 4 is 39.2 Å². The summed E-state index contributed by atoms with van der Waals surface area (Å²) < 4.78 is 1.62. The summed E-state index contributed by atoms with van der Waals surface area (Å²) in [5, 5.41) is 3.07. The zero-order valence-corrected chi connectivity index (χ0v) is 17.5. The molecule has 1 saturated carbocycles. The van der Waals surface area contributed by atoms with Crippen LogP contribution in [0.2, 0.25) is 0 Å². The van der Waals surface area contributed by atoms with Crippen molar-refractivity contribution in [1.29, 1.82) is 0 Å². The molecule has 1 amide bonds. The number of nitrogens with zero attached hydrogens (tertiary/aromatic N) is 3. The molecule has 1 aromatic carbocycles. The van der Waals surface area contributed by atoms with E-state index in [1.165, 1.54) is 35.9 Å². The Bertz CT molecular complexity index is 1030. The lowest BCUT2D eigenvalue weighted by Crippen LogP contribution is -2.35. The van der Waals surface area contributed by atoms with E-state index < -0.39 is 0 Å². The van der Waals surface area contributed by atoms with Gasteiger partial charge in [0.25, 0.3) is 5.56 Å². The van der Waals surface area contributed by atoms with Gasteiger partial charge in [-0.05, 0) is 48.8 Å². The molecular formula is C21H23N3O2S2. The van der Waals surface area contributed by atoms with Gasteiger partial charge < -0.3 is 4.90 Å². The van der Waals surface area contributed by atoms with Crippen LogP contribution in [0, 0.1) is 5.92 Å². The molecule has 0 spiro atoms. The number of hydrogen-bond acceptors (Lipinski definition) is 5. The molecule has 0 saturated heterocycles. The molecule has 0 atom stereocenters. The Kier molecular flexibility index (Phi) is 5.82. The van der Waals surface area contributed by atoms with Crippen LogP contribution < -0.4 is 5.56 Å². The molecule has 0 bridgehead atoms. The molecule has 0 radical (unpaired) electrons. The second-order valence-corrected chi connectivity index (χ2v) is 8.92. The topological polar surface area (TPSA) is 55.2 Å². The fourth-order valence-corrected chi connectivity index (χ4v) is 4.93. The molecule has 1 aliphatic carbocycles. The quantitative estimate of drug-likeness (QED) is 0.410. The predicted octanol–water partition coefficient (Wildman–Crippen LogP) is 4.19. The Morgan fingerprint density at radius 2 is 2.07 bits per heavy atom. The first kappa shape index (κ1) is 19.2. The second kappa shape index (κ2) is 8.49. The Morgan fingerprint density at radius 1 is 1.29 bits per heavy atom. The van der Waals surface area contributed by atoms with Gasteiger partial charge in [-0.2, -0.15) is 0 Å². The molecule has 2 heterocycles. The summed E-state index contributed by atoms with van der Waals surface area (Å²) in [5.41, 5.74) is 0.683. The molecule has 5 nitrogen and oxygen atoms in total. The summed E-state index contributed by atoms with van der Waals surface area (Å²) in [5.74, 6) is 1.09. The smallest absolute Gasteiger partial charge is 0.267 e. The van der Waals surface area contributed by atoms with E-state index in [9.17, 15) is 9.59 Å². The summed E-state index contributed by atoms with van der Waals surface area (Å²) >= 11 is 2.80. The number of thioether (sulfide) groups is 1. The first-order valence-electron chi connectivity index (χ1n) is 9.63. The Balaban J connectivity index is 1.62. The number of carbonyl (C=O) groups is 1. The fourth-order valence-electron chi connectivity index (χ4n) is 3.21. The van der Waals surface area contributed by atoms with Crippen molar-refractivity contribution in [3.8, 4) is 5.69 Å². The molecule has 1 fully saturated rings. The molecule has 0 unspecified atom stereocenters. The first-order chi connectivity index (χ1) is 13.7. The zero-order valence-electron chi connectivity index (χ0n) is 15.8. The molecule has 146 valence electrons. The van der Waals surface area contributed by atoms with Crippen molar-refractivity contribution in [2.75, 3.05) is 18.8 Å². The van der Waals surface area contributed by atoms with Gasteiger partial charge in [0.05, 0.1) is 16.8 Å². The number of rotatable bonds is 8. The lowest BCUT2D eigenvalue weighted by Gasteiger charge is -2.22. The van der Waals surface area contributed by atoms with Crippen LogP contribution in [0.25, 0.3) is 15.9 Å². The van der Waals surface area contributed by atoms with Crippen LogP contribution in [0.1, 0.15) is 26.2 Å². The van der Waals surface area contributed by atoms with E-state index >= 15 is 0 Å². The molecule has 1 aliphatic rings. The van der Waals surface area contributed by atoms with Crippen LogP contribution in [0.4, 0.5) is 0 Å². The van der Waals surface area contributed by atoms with Gasteiger partial charge in [0.15, 0.2) is 5.16 Å². The van der Waals surface area contributed by atoms with E-state index in [1.54, 1.807) is 4.57 Å². The van der Waals surface area contributed by atoms with Crippen LogP contribution >= 0.6 is 23.1 Å². The Labute approximate surface area is 172 Å². The van der Waals surface area contributed by atoms with Crippen molar-refractivity contribution in [2.24, 2.45) is 5.92 Å². The number of amides is 1. The highest BCUT2D eigenvalue weighted by atomic mass is 32.2. The predicted molar refractivity (Wildman–Crippen MR) is 116 cm³/mol. The summed E-state index contributed by atoms with van der Waals surface area (Å²) in [6.45, 7) is 3.74. The molecule has 3 aromatic rings. The number of para-hydroxylation sites is 1. The molecule has 2 aromatic heterocycles. The average molecular weight is 414 g/mol. The van der Waals surface area contributed by atoms with Crippen LogP contribution in [-0.2, 0) is 4.79 Å². The normalized spacial score (nSPS) is 13.8. The maximum Gasteiger partial charge on any atom is 0.267 e.